The summed E-state index contributed by atoms with van der Waals surface area (Å²) in [5, 5.41) is 4.38. The average molecular weight is 479 g/mol. The molecule has 8 nitrogen and oxygen atoms in total. The highest BCUT2D eigenvalue weighted by Gasteiger charge is 2.85. The first-order valence-corrected chi connectivity index (χ1v) is 11.7. The van der Waals surface area contributed by atoms with Crippen LogP contribution in [0.1, 0.15) is 34.1 Å². The molecule has 0 spiro atoms. The fraction of sp³-hybridized carbons (Fsp3) is 0.214. The third-order valence-electron chi connectivity index (χ3n) is 8.23. The molecule has 3 aromatic rings. The summed E-state index contributed by atoms with van der Waals surface area (Å²) in [5.74, 6) is -2.22. The molecule has 2 amide bonds. The molecule has 2 unspecified atom stereocenters. The molecular weight excluding hydrogens is 458 g/mol. The van der Waals surface area contributed by atoms with Crippen LogP contribution in [0.25, 0.3) is 0 Å². The van der Waals surface area contributed by atoms with Crippen LogP contribution in [0.2, 0.25) is 0 Å². The van der Waals surface area contributed by atoms with Gasteiger partial charge >= 0.3 is 5.97 Å². The average Bonchev–Trinajstić information content (AvgIpc) is 3.39. The third kappa shape index (κ3) is 2.04. The van der Waals surface area contributed by atoms with Gasteiger partial charge in [-0.1, -0.05) is 48.5 Å². The van der Waals surface area contributed by atoms with Gasteiger partial charge < -0.3 is 9.47 Å². The van der Waals surface area contributed by atoms with Gasteiger partial charge in [-0.25, -0.2) is 9.69 Å². The van der Waals surface area contributed by atoms with Crippen molar-refractivity contribution in [2.45, 2.75) is 17.4 Å². The summed E-state index contributed by atoms with van der Waals surface area (Å²) in [4.78, 5) is 43.6. The predicted octanol–water partition coefficient (Wildman–Crippen LogP) is 2.72. The van der Waals surface area contributed by atoms with E-state index in [1.165, 1.54) is 12.0 Å². The summed E-state index contributed by atoms with van der Waals surface area (Å²) in [6.45, 7) is 0. The molecule has 2 bridgehead atoms. The van der Waals surface area contributed by atoms with Crippen LogP contribution in [0.3, 0.4) is 0 Å². The van der Waals surface area contributed by atoms with E-state index >= 15 is 0 Å². The second-order valence-electron chi connectivity index (χ2n) is 9.45. The molecule has 8 rings (SSSR count). The third-order valence-corrected chi connectivity index (χ3v) is 8.23. The van der Waals surface area contributed by atoms with Crippen molar-refractivity contribution in [2.24, 2.45) is 10.5 Å². The Bertz CT molecular complexity index is 1480. The zero-order chi connectivity index (χ0) is 24.8. The zero-order valence-electron chi connectivity index (χ0n) is 19.5. The van der Waals surface area contributed by atoms with E-state index in [-0.39, 0.29) is 5.71 Å². The number of carbonyl (C=O) groups excluding carboxylic acids is 3. The standard InChI is InChI=1S/C28H21N3O5/c1-35-16-13-11-15(12-14-16)31-25(33)27-21-17-7-3-5-9-19(17)22(20-10-6-4-8-18(20)21)28(27,26(31)34)30-29-23(27)24(32)36-2/h3-14,21-22,30H,1-2H3. The number of ether oxygens (including phenoxy) is 2. The van der Waals surface area contributed by atoms with Crippen LogP contribution in [0.4, 0.5) is 5.69 Å². The lowest BCUT2D eigenvalue weighted by molar-refractivity contribution is -0.135. The van der Waals surface area contributed by atoms with E-state index in [2.05, 4.69) is 10.5 Å². The lowest BCUT2D eigenvalue weighted by Crippen LogP contribution is -2.69. The van der Waals surface area contributed by atoms with Gasteiger partial charge in [-0.05, 0) is 46.5 Å². The van der Waals surface area contributed by atoms with E-state index in [4.69, 9.17) is 9.47 Å². The van der Waals surface area contributed by atoms with Crippen LogP contribution in [-0.2, 0) is 19.1 Å². The van der Waals surface area contributed by atoms with Gasteiger partial charge in [0.15, 0.2) is 11.3 Å². The molecule has 3 aliphatic carbocycles. The molecule has 0 radical (unpaired) electrons. The minimum absolute atomic E-state index is 0.0710. The minimum Gasteiger partial charge on any atom is -0.497 e. The number of nitrogens with zero attached hydrogens (tertiary/aromatic N) is 2. The van der Waals surface area contributed by atoms with Gasteiger partial charge in [0.25, 0.3) is 11.8 Å². The number of esters is 1. The van der Waals surface area contributed by atoms with Gasteiger partial charge in [-0.15, -0.1) is 0 Å². The van der Waals surface area contributed by atoms with E-state index in [1.807, 2.05) is 48.5 Å². The van der Waals surface area contributed by atoms with Gasteiger partial charge in [0.1, 0.15) is 11.2 Å². The Morgan fingerprint density at radius 3 is 1.92 bits per heavy atom. The SMILES string of the molecule is COC(=O)C1=NNC23C(=O)N(c4ccc(OC)cc4)C(=O)C12C1c2ccccc2C3c2ccccc21. The van der Waals surface area contributed by atoms with E-state index in [1.54, 1.807) is 31.4 Å². The molecule has 3 aromatic carbocycles. The summed E-state index contributed by atoms with van der Waals surface area (Å²) in [7, 11) is 2.81. The number of imide groups is 1. The van der Waals surface area contributed by atoms with Crippen molar-refractivity contribution in [3.8, 4) is 5.75 Å². The molecular formula is C28H21N3O5. The van der Waals surface area contributed by atoms with Crippen LogP contribution in [0.15, 0.2) is 77.9 Å². The van der Waals surface area contributed by atoms with Crippen molar-refractivity contribution < 1.29 is 23.9 Å². The van der Waals surface area contributed by atoms with E-state index in [9.17, 15) is 14.4 Å². The molecule has 2 atom stereocenters. The summed E-state index contributed by atoms with van der Waals surface area (Å²) in [6.07, 6.45) is 0. The van der Waals surface area contributed by atoms with E-state index in [0.717, 1.165) is 22.3 Å². The number of hydrogen-bond acceptors (Lipinski definition) is 7. The normalized spacial score (nSPS) is 28.5. The predicted molar refractivity (Wildman–Crippen MR) is 130 cm³/mol. The number of hydrazone groups is 1. The first-order chi connectivity index (χ1) is 17.5. The van der Waals surface area contributed by atoms with Gasteiger partial charge in [-0.2, -0.15) is 5.10 Å². The highest BCUT2D eigenvalue weighted by molar-refractivity contribution is 6.50. The lowest BCUT2D eigenvalue weighted by Gasteiger charge is -2.55. The van der Waals surface area contributed by atoms with Gasteiger partial charge in [0.2, 0.25) is 0 Å². The largest absolute Gasteiger partial charge is 0.497 e. The van der Waals surface area contributed by atoms with Crippen molar-refractivity contribution >= 4 is 29.2 Å². The molecule has 0 aromatic heterocycles. The molecule has 0 saturated carbocycles. The fourth-order valence-electron chi connectivity index (χ4n) is 6.95. The zero-order valence-corrected chi connectivity index (χ0v) is 19.5. The van der Waals surface area contributed by atoms with E-state index < -0.39 is 40.6 Å². The molecule has 5 aliphatic rings. The lowest BCUT2D eigenvalue weighted by atomic mass is 9.43. The first-order valence-electron chi connectivity index (χ1n) is 11.7. The van der Waals surface area contributed by atoms with Crippen molar-refractivity contribution in [2.75, 3.05) is 19.1 Å². The van der Waals surface area contributed by atoms with Crippen molar-refractivity contribution in [1.82, 2.24) is 5.43 Å². The van der Waals surface area contributed by atoms with Crippen LogP contribution >= 0.6 is 0 Å². The number of anilines is 1. The topological polar surface area (TPSA) is 97.3 Å². The van der Waals surface area contributed by atoms with Crippen LogP contribution in [0, 0.1) is 5.41 Å². The Morgan fingerprint density at radius 1 is 0.833 bits per heavy atom. The first kappa shape index (κ1) is 20.9. The molecule has 1 saturated heterocycles. The summed E-state index contributed by atoms with van der Waals surface area (Å²) in [5.41, 5.74) is 3.99. The highest BCUT2D eigenvalue weighted by atomic mass is 16.5. The number of benzene rings is 3. The second-order valence-corrected chi connectivity index (χ2v) is 9.45. The number of carbonyl (C=O) groups is 3. The number of methoxy groups -OCH3 is 2. The second kappa shape index (κ2) is 6.81. The molecule has 1 fully saturated rings. The molecule has 1 N–H and O–H groups in total. The Morgan fingerprint density at radius 2 is 1.39 bits per heavy atom. The number of rotatable bonds is 3. The summed E-state index contributed by atoms with van der Waals surface area (Å²) in [6, 6.07) is 22.4. The molecule has 2 aliphatic heterocycles. The molecule has 8 heteroatoms. The molecule has 178 valence electrons. The maximum Gasteiger partial charge on any atom is 0.355 e. The van der Waals surface area contributed by atoms with Crippen LogP contribution < -0.4 is 15.1 Å². The quantitative estimate of drug-likeness (QED) is 0.458. The summed E-state index contributed by atoms with van der Waals surface area (Å²) < 4.78 is 10.4. The smallest absolute Gasteiger partial charge is 0.355 e. The van der Waals surface area contributed by atoms with Gasteiger partial charge in [-0.3, -0.25) is 15.0 Å². The number of nitrogens with one attached hydrogen (secondary N) is 1. The molecule has 36 heavy (non-hydrogen) atoms. The minimum atomic E-state index is -1.61. The van der Waals surface area contributed by atoms with Gasteiger partial charge in [0, 0.05) is 11.8 Å². The number of hydrogen-bond donors (Lipinski definition) is 1. The molecule has 2 heterocycles. The maximum atomic E-state index is 14.7. The van der Waals surface area contributed by atoms with Crippen molar-refractivity contribution in [3.05, 3.63) is 95.1 Å². The van der Waals surface area contributed by atoms with Crippen molar-refractivity contribution in [1.29, 1.82) is 0 Å². The Kier molecular flexibility index (Phi) is 3.95. The summed E-state index contributed by atoms with van der Waals surface area (Å²) >= 11 is 0. The maximum absolute atomic E-state index is 14.7. The highest BCUT2D eigenvalue weighted by Crippen LogP contribution is 2.71. The van der Waals surface area contributed by atoms with Crippen molar-refractivity contribution in [3.63, 3.8) is 0 Å². The van der Waals surface area contributed by atoms with Crippen LogP contribution in [0.5, 0.6) is 5.75 Å². The van der Waals surface area contributed by atoms with E-state index in [0.29, 0.717) is 11.4 Å². The monoisotopic (exact) mass is 479 g/mol. The Hall–Kier alpha value is -4.46. The Balaban J connectivity index is 1.57. The fourth-order valence-corrected chi connectivity index (χ4v) is 6.95. The Labute approximate surface area is 206 Å². The van der Waals surface area contributed by atoms with Gasteiger partial charge in [0.05, 0.1) is 19.9 Å². The van der Waals surface area contributed by atoms with Crippen LogP contribution in [-0.4, -0.2) is 43.3 Å². The number of amides is 2.